The second-order valence-corrected chi connectivity index (χ2v) is 6.98. The summed E-state index contributed by atoms with van der Waals surface area (Å²) >= 11 is 6.17. The third-order valence-electron chi connectivity index (χ3n) is 3.50. The second-order valence-electron chi connectivity index (χ2n) is 5.31. The Bertz CT molecular complexity index is 732. The minimum absolute atomic E-state index is 0.197. The van der Waals surface area contributed by atoms with Crippen LogP contribution in [-0.2, 0) is 9.59 Å². The molecule has 1 saturated heterocycles. The molecule has 1 heterocycles. The van der Waals surface area contributed by atoms with Gasteiger partial charge in [0.1, 0.15) is 4.32 Å². The van der Waals surface area contributed by atoms with Crippen molar-refractivity contribution >= 4 is 46.3 Å². The molecule has 8 heteroatoms. The molecule has 1 aliphatic heterocycles. The lowest BCUT2D eigenvalue weighted by atomic mass is 10.1. The highest BCUT2D eigenvalue weighted by molar-refractivity contribution is 8.26. The van der Waals surface area contributed by atoms with Crippen LogP contribution in [-0.4, -0.2) is 40.9 Å². The Morgan fingerprint density at radius 3 is 2.76 bits per heavy atom. The van der Waals surface area contributed by atoms with Gasteiger partial charge in [-0.2, -0.15) is 0 Å². The Kier molecular flexibility index (Phi) is 6.44. The maximum Gasteiger partial charge on any atom is 0.266 e. The smallest absolute Gasteiger partial charge is 0.266 e. The van der Waals surface area contributed by atoms with E-state index in [0.717, 1.165) is 28.6 Å². The third-order valence-corrected chi connectivity index (χ3v) is 4.83. The number of carboxylic acids is 1. The fraction of sp³-hybridized carbons (Fsp3) is 0.353. The van der Waals surface area contributed by atoms with E-state index in [1.54, 1.807) is 31.4 Å². The summed E-state index contributed by atoms with van der Waals surface area (Å²) in [6, 6.07) is 4.20. The number of benzene rings is 1. The van der Waals surface area contributed by atoms with Gasteiger partial charge in [0.25, 0.3) is 5.91 Å². The molecule has 1 aliphatic rings. The molecule has 0 bridgehead atoms. The van der Waals surface area contributed by atoms with Gasteiger partial charge < -0.3 is 19.4 Å². The SMILES string of the molecule is CCCOc1ccc(/C=C2/SC(=S)N([C@H](C)C(=O)[O-])C2=O)cc1OC. The number of rotatable bonds is 7. The lowest BCUT2D eigenvalue weighted by molar-refractivity contribution is -0.309. The quantitative estimate of drug-likeness (QED) is 0.527. The summed E-state index contributed by atoms with van der Waals surface area (Å²) < 4.78 is 11.1. The molecule has 0 radical (unpaired) electrons. The molecule has 0 unspecified atom stereocenters. The van der Waals surface area contributed by atoms with Crippen LogP contribution in [0.15, 0.2) is 23.1 Å². The third kappa shape index (κ3) is 4.32. The molecule has 1 atom stereocenters. The van der Waals surface area contributed by atoms with Crippen LogP contribution in [0, 0.1) is 0 Å². The lowest BCUT2D eigenvalue weighted by Gasteiger charge is -2.23. The number of hydrogen-bond acceptors (Lipinski definition) is 7. The summed E-state index contributed by atoms with van der Waals surface area (Å²) in [5, 5.41) is 11.0. The maximum atomic E-state index is 12.4. The van der Waals surface area contributed by atoms with Crippen molar-refractivity contribution in [1.29, 1.82) is 0 Å². The minimum atomic E-state index is -1.35. The number of ether oxygens (including phenoxy) is 2. The number of carbonyl (C=O) groups excluding carboxylic acids is 2. The molecule has 1 aromatic rings. The molecule has 0 N–H and O–H groups in total. The summed E-state index contributed by atoms with van der Waals surface area (Å²) in [4.78, 5) is 24.9. The van der Waals surface area contributed by atoms with E-state index in [2.05, 4.69) is 0 Å². The van der Waals surface area contributed by atoms with Gasteiger partial charge in [-0.05, 0) is 37.1 Å². The number of carboxylic acid groups (broad SMARTS) is 1. The molecular weight excluding hydrogens is 362 g/mol. The fourth-order valence-corrected chi connectivity index (χ4v) is 3.59. The number of thiocarbonyl (C=S) groups is 1. The van der Waals surface area contributed by atoms with E-state index in [-0.39, 0.29) is 4.32 Å². The molecule has 1 amide bonds. The number of aliphatic carboxylic acids is 1. The average Bonchev–Trinajstić information content (AvgIpc) is 2.86. The number of thioether (sulfide) groups is 1. The van der Waals surface area contributed by atoms with E-state index in [9.17, 15) is 14.7 Å². The van der Waals surface area contributed by atoms with Crippen molar-refractivity contribution in [2.45, 2.75) is 26.3 Å². The molecule has 0 spiro atoms. The van der Waals surface area contributed by atoms with Crippen LogP contribution in [0.5, 0.6) is 11.5 Å². The van der Waals surface area contributed by atoms with Crippen LogP contribution < -0.4 is 14.6 Å². The minimum Gasteiger partial charge on any atom is -0.548 e. The van der Waals surface area contributed by atoms with Gasteiger partial charge in [0.2, 0.25) is 0 Å². The second kappa shape index (κ2) is 8.35. The molecule has 25 heavy (non-hydrogen) atoms. The number of amides is 1. The van der Waals surface area contributed by atoms with Crippen molar-refractivity contribution in [2.24, 2.45) is 0 Å². The van der Waals surface area contributed by atoms with Crippen molar-refractivity contribution in [1.82, 2.24) is 4.90 Å². The molecule has 0 aliphatic carbocycles. The maximum absolute atomic E-state index is 12.4. The number of hydrogen-bond donors (Lipinski definition) is 0. The van der Waals surface area contributed by atoms with E-state index < -0.39 is 17.9 Å². The molecule has 6 nitrogen and oxygen atoms in total. The Balaban J connectivity index is 2.27. The average molecular weight is 380 g/mol. The van der Waals surface area contributed by atoms with E-state index >= 15 is 0 Å². The van der Waals surface area contributed by atoms with Crippen molar-refractivity contribution in [3.05, 3.63) is 28.7 Å². The Labute approximate surface area is 155 Å². The first-order chi connectivity index (χ1) is 11.9. The van der Waals surface area contributed by atoms with Crippen LogP contribution in [0.1, 0.15) is 25.8 Å². The topological polar surface area (TPSA) is 78.9 Å². The molecule has 0 aromatic heterocycles. The summed E-state index contributed by atoms with van der Waals surface area (Å²) in [6.07, 6.45) is 2.53. The molecule has 0 saturated carbocycles. The van der Waals surface area contributed by atoms with Crippen LogP contribution >= 0.6 is 24.0 Å². The predicted molar refractivity (Wildman–Crippen MR) is 98.3 cm³/mol. The van der Waals surface area contributed by atoms with Crippen molar-refractivity contribution in [3.63, 3.8) is 0 Å². The van der Waals surface area contributed by atoms with Gasteiger partial charge in [-0.25, -0.2) is 0 Å². The lowest BCUT2D eigenvalue weighted by Crippen LogP contribution is -2.48. The zero-order valence-electron chi connectivity index (χ0n) is 14.1. The van der Waals surface area contributed by atoms with Gasteiger partial charge in [0.15, 0.2) is 11.5 Å². The summed E-state index contributed by atoms with van der Waals surface area (Å²) in [5.74, 6) is -0.617. The van der Waals surface area contributed by atoms with E-state index in [0.29, 0.717) is 23.0 Å². The van der Waals surface area contributed by atoms with Crippen LogP contribution in [0.2, 0.25) is 0 Å². The van der Waals surface area contributed by atoms with E-state index in [4.69, 9.17) is 21.7 Å². The summed E-state index contributed by atoms with van der Waals surface area (Å²) in [6.45, 7) is 3.96. The van der Waals surface area contributed by atoms with Crippen molar-refractivity contribution in [3.8, 4) is 11.5 Å². The van der Waals surface area contributed by atoms with Gasteiger partial charge in [-0.3, -0.25) is 9.69 Å². The Morgan fingerprint density at radius 2 is 2.16 bits per heavy atom. The summed E-state index contributed by atoms with van der Waals surface area (Å²) in [5.41, 5.74) is 0.724. The highest BCUT2D eigenvalue weighted by atomic mass is 32.2. The van der Waals surface area contributed by atoms with Gasteiger partial charge >= 0.3 is 0 Å². The standard InChI is InChI=1S/C17H19NO5S2/c1-4-7-23-12-6-5-11(8-13(12)22-3)9-14-15(19)18(17(24)25-14)10(2)16(20)21/h5-6,8-10H,4,7H2,1-3H3,(H,20,21)/p-1/b14-9+/t10-/m1/s1. The molecule has 2 rings (SSSR count). The monoisotopic (exact) mass is 380 g/mol. The van der Waals surface area contributed by atoms with E-state index in [1.165, 1.54) is 6.92 Å². The molecule has 1 fully saturated rings. The first-order valence-corrected chi connectivity index (χ1v) is 8.90. The number of nitrogens with zero attached hydrogens (tertiary/aromatic N) is 1. The first-order valence-electron chi connectivity index (χ1n) is 7.67. The normalized spacial score (nSPS) is 17.1. The van der Waals surface area contributed by atoms with Crippen LogP contribution in [0.4, 0.5) is 0 Å². The Hall–Kier alpha value is -2.06. The molecule has 134 valence electrons. The van der Waals surface area contributed by atoms with Gasteiger partial charge in [0.05, 0.1) is 30.6 Å². The van der Waals surface area contributed by atoms with Crippen molar-refractivity contribution in [2.75, 3.05) is 13.7 Å². The highest BCUT2D eigenvalue weighted by Gasteiger charge is 2.35. The number of methoxy groups -OCH3 is 1. The fourth-order valence-electron chi connectivity index (χ4n) is 2.18. The van der Waals surface area contributed by atoms with Gasteiger partial charge in [-0.15, -0.1) is 0 Å². The number of carbonyl (C=O) groups is 2. The summed E-state index contributed by atoms with van der Waals surface area (Å²) in [7, 11) is 1.54. The molecular formula is C17H18NO5S2-. The Morgan fingerprint density at radius 1 is 1.44 bits per heavy atom. The van der Waals surface area contributed by atoms with Crippen LogP contribution in [0.25, 0.3) is 6.08 Å². The van der Waals surface area contributed by atoms with Gasteiger partial charge in [-0.1, -0.05) is 37.0 Å². The highest BCUT2D eigenvalue weighted by Crippen LogP contribution is 2.35. The van der Waals surface area contributed by atoms with Gasteiger partial charge in [0, 0.05) is 0 Å². The zero-order valence-corrected chi connectivity index (χ0v) is 15.7. The largest absolute Gasteiger partial charge is 0.548 e. The zero-order chi connectivity index (χ0) is 18.6. The first kappa shape index (κ1) is 19.3. The van der Waals surface area contributed by atoms with Crippen LogP contribution in [0.3, 0.4) is 0 Å². The predicted octanol–water partition coefficient (Wildman–Crippen LogP) is 1.82. The van der Waals surface area contributed by atoms with E-state index in [1.807, 2.05) is 6.92 Å². The van der Waals surface area contributed by atoms with Crippen molar-refractivity contribution < 1.29 is 24.2 Å². The molecule has 1 aromatic carbocycles.